The molecule has 1 aromatic carbocycles. The van der Waals surface area contributed by atoms with Crippen molar-refractivity contribution in [2.75, 3.05) is 11.9 Å². The predicted molar refractivity (Wildman–Crippen MR) is 83.9 cm³/mol. The second kappa shape index (κ2) is 6.34. The molecule has 1 heterocycles. The number of thiocarbonyl (C=S) groups is 1. The molecule has 0 saturated carbocycles. The average molecular weight is 342 g/mol. The van der Waals surface area contributed by atoms with Gasteiger partial charge in [0.25, 0.3) is 0 Å². The van der Waals surface area contributed by atoms with Gasteiger partial charge in [0.1, 0.15) is 6.04 Å². The first-order chi connectivity index (χ1) is 9.08. The van der Waals surface area contributed by atoms with E-state index >= 15 is 0 Å². The molecular formula is C13H16BrN3OS. The molecule has 4 nitrogen and oxygen atoms in total. The minimum atomic E-state index is -0.307. The Morgan fingerprint density at radius 3 is 2.95 bits per heavy atom. The summed E-state index contributed by atoms with van der Waals surface area (Å²) in [5, 5.41) is 3.71. The number of nitrogens with two attached hydrogens (primary N) is 1. The van der Waals surface area contributed by atoms with Crippen LogP contribution >= 0.6 is 28.1 Å². The van der Waals surface area contributed by atoms with E-state index < -0.39 is 0 Å². The second-order valence-corrected chi connectivity index (χ2v) is 5.85. The van der Waals surface area contributed by atoms with Gasteiger partial charge < -0.3 is 16.0 Å². The molecule has 1 amide bonds. The van der Waals surface area contributed by atoms with Crippen LogP contribution in [0.2, 0.25) is 0 Å². The fourth-order valence-corrected chi connectivity index (χ4v) is 2.97. The summed E-state index contributed by atoms with van der Waals surface area (Å²) in [7, 11) is 0. The standard InChI is InChI=1S/C13H16BrN3OS/c14-9-4-3-5-10(8-9)16-13(19)17-7-2-1-6-11(17)12(15)18/h3-5,8,11H,1-2,6-7H2,(H2,15,18)(H,16,19)/t11-/m1/s1. The highest BCUT2D eigenvalue weighted by Crippen LogP contribution is 2.20. The summed E-state index contributed by atoms with van der Waals surface area (Å²) < 4.78 is 0.977. The third-order valence-corrected chi connectivity index (χ3v) is 4.00. The molecule has 0 unspecified atom stereocenters. The van der Waals surface area contributed by atoms with Crippen LogP contribution in [0.5, 0.6) is 0 Å². The topological polar surface area (TPSA) is 58.4 Å². The summed E-state index contributed by atoms with van der Waals surface area (Å²) >= 11 is 8.80. The molecule has 0 aromatic heterocycles. The number of halogens is 1. The van der Waals surface area contributed by atoms with Gasteiger partial charge in [-0.1, -0.05) is 22.0 Å². The van der Waals surface area contributed by atoms with E-state index in [1.807, 2.05) is 29.2 Å². The number of rotatable bonds is 2. The number of likely N-dealkylation sites (tertiary alicyclic amines) is 1. The summed E-state index contributed by atoms with van der Waals surface area (Å²) in [5.41, 5.74) is 6.33. The normalized spacial score (nSPS) is 19.0. The number of primary amides is 1. The van der Waals surface area contributed by atoms with Crippen molar-refractivity contribution in [1.29, 1.82) is 0 Å². The van der Waals surface area contributed by atoms with E-state index in [0.717, 1.165) is 36.0 Å². The van der Waals surface area contributed by atoms with Crippen LogP contribution in [0.1, 0.15) is 19.3 Å². The van der Waals surface area contributed by atoms with Gasteiger partial charge in [-0.3, -0.25) is 4.79 Å². The molecule has 1 fully saturated rings. The molecule has 1 aliphatic rings. The van der Waals surface area contributed by atoms with Crippen LogP contribution in [0.3, 0.4) is 0 Å². The summed E-state index contributed by atoms with van der Waals surface area (Å²) in [6.45, 7) is 0.771. The van der Waals surface area contributed by atoms with Gasteiger partial charge in [0.05, 0.1) is 0 Å². The summed E-state index contributed by atoms with van der Waals surface area (Å²) in [5.74, 6) is -0.307. The summed E-state index contributed by atoms with van der Waals surface area (Å²) in [6, 6.07) is 7.45. The van der Waals surface area contributed by atoms with Crippen molar-refractivity contribution in [3.8, 4) is 0 Å². The molecule has 1 atom stereocenters. The molecule has 0 radical (unpaired) electrons. The molecule has 102 valence electrons. The number of piperidine rings is 1. The van der Waals surface area contributed by atoms with E-state index in [1.165, 1.54) is 0 Å². The lowest BCUT2D eigenvalue weighted by Gasteiger charge is -2.35. The lowest BCUT2D eigenvalue weighted by molar-refractivity contribution is -0.122. The van der Waals surface area contributed by atoms with Crippen LogP contribution in [0.4, 0.5) is 5.69 Å². The van der Waals surface area contributed by atoms with Gasteiger partial charge in [-0.2, -0.15) is 0 Å². The lowest BCUT2D eigenvalue weighted by Crippen LogP contribution is -2.51. The van der Waals surface area contributed by atoms with Gasteiger partial charge in [0, 0.05) is 16.7 Å². The van der Waals surface area contributed by atoms with Crippen molar-refractivity contribution in [2.24, 2.45) is 5.73 Å². The lowest BCUT2D eigenvalue weighted by atomic mass is 10.0. The van der Waals surface area contributed by atoms with Gasteiger partial charge in [-0.15, -0.1) is 0 Å². The predicted octanol–water partition coefficient (Wildman–Crippen LogP) is 2.49. The third kappa shape index (κ3) is 3.67. The number of nitrogens with one attached hydrogen (secondary N) is 1. The molecule has 1 aliphatic heterocycles. The quantitative estimate of drug-likeness (QED) is 0.811. The number of amides is 1. The van der Waals surface area contributed by atoms with Crippen LogP contribution < -0.4 is 11.1 Å². The highest BCUT2D eigenvalue weighted by molar-refractivity contribution is 9.10. The zero-order valence-electron chi connectivity index (χ0n) is 10.4. The molecule has 3 N–H and O–H groups in total. The molecule has 2 rings (SSSR count). The first-order valence-electron chi connectivity index (χ1n) is 6.20. The van der Waals surface area contributed by atoms with E-state index in [9.17, 15) is 4.79 Å². The van der Waals surface area contributed by atoms with Gasteiger partial charge >= 0.3 is 0 Å². The van der Waals surface area contributed by atoms with Crippen molar-refractivity contribution >= 4 is 44.9 Å². The van der Waals surface area contributed by atoms with Crippen LogP contribution in [-0.2, 0) is 4.79 Å². The SMILES string of the molecule is NC(=O)[C@H]1CCCCN1C(=S)Nc1cccc(Br)c1. The number of benzene rings is 1. The Balaban J connectivity index is 2.07. The number of carbonyl (C=O) groups is 1. The molecule has 6 heteroatoms. The van der Waals surface area contributed by atoms with Gasteiger partial charge in [-0.05, 0) is 49.7 Å². The van der Waals surface area contributed by atoms with Crippen LogP contribution in [0, 0.1) is 0 Å². The monoisotopic (exact) mass is 341 g/mol. The first kappa shape index (κ1) is 14.3. The Hall–Kier alpha value is -1.14. The van der Waals surface area contributed by atoms with Crippen molar-refractivity contribution in [3.63, 3.8) is 0 Å². The molecule has 0 spiro atoms. The first-order valence-corrected chi connectivity index (χ1v) is 7.40. The maximum absolute atomic E-state index is 11.5. The van der Waals surface area contributed by atoms with Crippen LogP contribution in [-0.4, -0.2) is 28.5 Å². The zero-order valence-corrected chi connectivity index (χ0v) is 12.8. The Labute approximate surface area is 126 Å². The third-order valence-electron chi connectivity index (χ3n) is 3.17. The van der Waals surface area contributed by atoms with Gasteiger partial charge in [0.15, 0.2) is 5.11 Å². The van der Waals surface area contributed by atoms with Crippen LogP contribution in [0.15, 0.2) is 28.7 Å². The summed E-state index contributed by atoms with van der Waals surface area (Å²) in [6.07, 6.45) is 2.82. The van der Waals surface area contributed by atoms with Gasteiger partial charge in [-0.25, -0.2) is 0 Å². The second-order valence-electron chi connectivity index (χ2n) is 4.55. The fraction of sp³-hybridized carbons (Fsp3) is 0.385. The maximum Gasteiger partial charge on any atom is 0.240 e. The Bertz CT molecular complexity index is 495. The smallest absolute Gasteiger partial charge is 0.240 e. The number of hydrogen-bond donors (Lipinski definition) is 2. The van der Waals surface area contributed by atoms with Crippen molar-refractivity contribution in [1.82, 2.24) is 4.90 Å². The van der Waals surface area contributed by atoms with E-state index in [4.69, 9.17) is 18.0 Å². The zero-order chi connectivity index (χ0) is 13.8. The highest BCUT2D eigenvalue weighted by atomic mass is 79.9. The number of hydrogen-bond acceptors (Lipinski definition) is 2. The molecular weight excluding hydrogens is 326 g/mol. The van der Waals surface area contributed by atoms with Crippen molar-refractivity contribution < 1.29 is 4.79 Å². The fourth-order valence-electron chi connectivity index (χ4n) is 2.23. The van der Waals surface area contributed by atoms with Gasteiger partial charge in [0.2, 0.25) is 5.91 Å². The molecule has 0 aliphatic carbocycles. The molecule has 1 aromatic rings. The van der Waals surface area contributed by atoms with E-state index in [0.29, 0.717) is 5.11 Å². The Morgan fingerprint density at radius 2 is 2.26 bits per heavy atom. The van der Waals surface area contributed by atoms with E-state index in [-0.39, 0.29) is 11.9 Å². The summed E-state index contributed by atoms with van der Waals surface area (Å²) in [4.78, 5) is 13.4. The van der Waals surface area contributed by atoms with E-state index in [2.05, 4.69) is 21.2 Å². The van der Waals surface area contributed by atoms with E-state index in [1.54, 1.807) is 0 Å². The minimum absolute atomic E-state index is 0.291. The number of nitrogens with zero attached hydrogens (tertiary/aromatic N) is 1. The maximum atomic E-state index is 11.5. The Morgan fingerprint density at radius 1 is 1.47 bits per heavy atom. The highest BCUT2D eigenvalue weighted by Gasteiger charge is 2.28. The average Bonchev–Trinajstić information content (AvgIpc) is 2.38. The Kier molecular flexibility index (Phi) is 4.76. The number of anilines is 1. The molecule has 0 bridgehead atoms. The van der Waals surface area contributed by atoms with Crippen molar-refractivity contribution in [2.45, 2.75) is 25.3 Å². The van der Waals surface area contributed by atoms with Crippen molar-refractivity contribution in [3.05, 3.63) is 28.7 Å². The van der Waals surface area contributed by atoms with Crippen LogP contribution in [0.25, 0.3) is 0 Å². The largest absolute Gasteiger partial charge is 0.368 e. The molecule has 1 saturated heterocycles. The minimum Gasteiger partial charge on any atom is -0.368 e. The number of carbonyl (C=O) groups excluding carboxylic acids is 1. The molecule has 19 heavy (non-hydrogen) atoms.